The zero-order chi connectivity index (χ0) is 16.1. The Bertz CT molecular complexity index is 516. The molecule has 1 saturated heterocycles. The van der Waals surface area contributed by atoms with Crippen LogP contribution in [0.4, 0.5) is 0 Å². The summed E-state index contributed by atoms with van der Waals surface area (Å²) in [7, 11) is 0. The summed E-state index contributed by atoms with van der Waals surface area (Å²) in [5.74, 6) is -0.309. The zero-order valence-corrected chi connectivity index (χ0v) is 13.2. The molecule has 120 valence electrons. The minimum absolute atomic E-state index is 0.0389. The van der Waals surface area contributed by atoms with Gasteiger partial charge in [-0.25, -0.2) is 0 Å². The second-order valence-electron chi connectivity index (χ2n) is 6.01. The number of hydrogen-bond acceptors (Lipinski definition) is 3. The molecular weight excluding hydrogens is 280 g/mol. The van der Waals surface area contributed by atoms with E-state index in [0.29, 0.717) is 19.6 Å². The Hall–Kier alpha value is -1.88. The highest BCUT2D eigenvalue weighted by Crippen LogP contribution is 2.22. The smallest absolute Gasteiger partial charge is 0.228 e. The second-order valence-corrected chi connectivity index (χ2v) is 6.01. The molecule has 0 saturated carbocycles. The van der Waals surface area contributed by atoms with Gasteiger partial charge in [0, 0.05) is 32.1 Å². The maximum absolute atomic E-state index is 12.7. The van der Waals surface area contributed by atoms with Gasteiger partial charge in [0.2, 0.25) is 11.8 Å². The van der Waals surface area contributed by atoms with E-state index in [1.165, 1.54) is 0 Å². The number of nitrogens with zero attached hydrogens (tertiary/aromatic N) is 2. The molecule has 1 aromatic rings. The molecule has 0 aliphatic carbocycles. The predicted molar refractivity (Wildman–Crippen MR) is 83.9 cm³/mol. The van der Waals surface area contributed by atoms with Crippen molar-refractivity contribution < 1.29 is 14.7 Å². The quantitative estimate of drug-likeness (QED) is 0.861. The molecule has 1 unspecified atom stereocenters. The Kier molecular flexibility index (Phi) is 5.55. The fourth-order valence-corrected chi connectivity index (χ4v) is 2.85. The molecule has 22 heavy (non-hydrogen) atoms. The highest BCUT2D eigenvalue weighted by atomic mass is 16.3. The van der Waals surface area contributed by atoms with Crippen LogP contribution < -0.4 is 0 Å². The van der Waals surface area contributed by atoms with Gasteiger partial charge in [-0.2, -0.15) is 0 Å². The lowest BCUT2D eigenvalue weighted by Gasteiger charge is -2.26. The third-order valence-corrected chi connectivity index (χ3v) is 4.03. The van der Waals surface area contributed by atoms with E-state index in [1.54, 1.807) is 9.80 Å². The number of aliphatic hydroxyl groups excluding tert-OH is 1. The fourth-order valence-electron chi connectivity index (χ4n) is 2.85. The highest BCUT2D eigenvalue weighted by Gasteiger charge is 2.37. The average Bonchev–Trinajstić information content (AvgIpc) is 2.89. The van der Waals surface area contributed by atoms with E-state index in [0.717, 1.165) is 5.56 Å². The summed E-state index contributed by atoms with van der Waals surface area (Å²) in [5.41, 5.74) is 1.02. The standard InChI is InChI=1S/C17H24N2O3/c1-13(2)19-12-15(10-16(19)21)17(22)18(8-9-20)11-14-6-4-3-5-7-14/h3-7,13,15,20H,8-12H2,1-2H3. The summed E-state index contributed by atoms with van der Waals surface area (Å²) >= 11 is 0. The maximum Gasteiger partial charge on any atom is 0.228 e. The molecule has 1 aliphatic rings. The van der Waals surface area contributed by atoms with Gasteiger partial charge in [-0.3, -0.25) is 9.59 Å². The Balaban J connectivity index is 2.05. The van der Waals surface area contributed by atoms with Crippen LogP contribution >= 0.6 is 0 Å². The first kappa shape index (κ1) is 16.5. The number of benzene rings is 1. The van der Waals surface area contributed by atoms with Gasteiger partial charge in [-0.05, 0) is 19.4 Å². The third-order valence-electron chi connectivity index (χ3n) is 4.03. The van der Waals surface area contributed by atoms with Gasteiger partial charge in [0.15, 0.2) is 0 Å². The first-order valence-electron chi connectivity index (χ1n) is 7.76. The molecule has 0 bridgehead atoms. The van der Waals surface area contributed by atoms with E-state index in [4.69, 9.17) is 0 Å². The van der Waals surface area contributed by atoms with Crippen LogP contribution in [0.25, 0.3) is 0 Å². The van der Waals surface area contributed by atoms with E-state index in [2.05, 4.69) is 0 Å². The van der Waals surface area contributed by atoms with Crippen molar-refractivity contribution in [2.45, 2.75) is 32.9 Å². The Morgan fingerprint density at radius 2 is 2.05 bits per heavy atom. The Labute approximate surface area is 131 Å². The third kappa shape index (κ3) is 3.85. The minimum atomic E-state index is -0.301. The van der Waals surface area contributed by atoms with Crippen LogP contribution in [0.3, 0.4) is 0 Å². The van der Waals surface area contributed by atoms with Gasteiger partial charge in [-0.1, -0.05) is 30.3 Å². The van der Waals surface area contributed by atoms with Crippen LogP contribution in [-0.2, 0) is 16.1 Å². The van der Waals surface area contributed by atoms with Crippen molar-refractivity contribution in [1.82, 2.24) is 9.80 Å². The molecule has 0 aromatic heterocycles. The monoisotopic (exact) mass is 304 g/mol. The molecule has 1 N–H and O–H groups in total. The molecule has 0 spiro atoms. The van der Waals surface area contributed by atoms with Crippen molar-refractivity contribution >= 4 is 11.8 Å². The zero-order valence-electron chi connectivity index (χ0n) is 13.2. The van der Waals surface area contributed by atoms with E-state index in [-0.39, 0.29) is 36.8 Å². The van der Waals surface area contributed by atoms with Gasteiger partial charge in [0.05, 0.1) is 12.5 Å². The molecule has 1 heterocycles. The van der Waals surface area contributed by atoms with Gasteiger partial charge in [-0.15, -0.1) is 0 Å². The van der Waals surface area contributed by atoms with E-state index in [9.17, 15) is 14.7 Å². The molecule has 1 aromatic carbocycles. The topological polar surface area (TPSA) is 60.9 Å². The van der Waals surface area contributed by atoms with Crippen molar-refractivity contribution in [3.8, 4) is 0 Å². The van der Waals surface area contributed by atoms with Crippen molar-refractivity contribution in [3.63, 3.8) is 0 Å². The summed E-state index contributed by atoms with van der Waals surface area (Å²) in [6, 6.07) is 9.81. The number of likely N-dealkylation sites (tertiary alicyclic amines) is 1. The molecular formula is C17H24N2O3. The second kappa shape index (κ2) is 7.40. The first-order chi connectivity index (χ1) is 10.5. The van der Waals surface area contributed by atoms with Gasteiger partial charge in [0.1, 0.15) is 0 Å². The van der Waals surface area contributed by atoms with Crippen LogP contribution in [0.1, 0.15) is 25.8 Å². The predicted octanol–water partition coefficient (Wildman–Crippen LogP) is 1.26. The summed E-state index contributed by atoms with van der Waals surface area (Å²) in [5, 5.41) is 9.23. The average molecular weight is 304 g/mol. The van der Waals surface area contributed by atoms with Crippen molar-refractivity contribution in [2.75, 3.05) is 19.7 Å². The van der Waals surface area contributed by atoms with Crippen LogP contribution in [0.15, 0.2) is 30.3 Å². The molecule has 2 rings (SSSR count). The lowest BCUT2D eigenvalue weighted by atomic mass is 10.1. The lowest BCUT2D eigenvalue weighted by Crippen LogP contribution is -2.39. The number of rotatable bonds is 6. The van der Waals surface area contributed by atoms with Gasteiger partial charge >= 0.3 is 0 Å². The van der Waals surface area contributed by atoms with Gasteiger partial charge < -0.3 is 14.9 Å². The maximum atomic E-state index is 12.7. The van der Waals surface area contributed by atoms with Crippen LogP contribution in [-0.4, -0.2) is 52.5 Å². The number of hydrogen-bond donors (Lipinski definition) is 1. The summed E-state index contributed by atoms with van der Waals surface area (Å²) in [6.45, 7) is 5.08. The normalized spacial score (nSPS) is 18.1. The molecule has 1 aliphatic heterocycles. The number of carbonyl (C=O) groups is 2. The molecule has 0 radical (unpaired) electrons. The van der Waals surface area contributed by atoms with Gasteiger partial charge in [0.25, 0.3) is 0 Å². The number of carbonyl (C=O) groups excluding carboxylic acids is 2. The fraction of sp³-hybridized carbons (Fsp3) is 0.529. The first-order valence-corrected chi connectivity index (χ1v) is 7.76. The van der Waals surface area contributed by atoms with E-state index < -0.39 is 0 Å². The number of amides is 2. The van der Waals surface area contributed by atoms with Crippen LogP contribution in [0, 0.1) is 5.92 Å². The summed E-state index contributed by atoms with van der Waals surface area (Å²) in [4.78, 5) is 28.1. The minimum Gasteiger partial charge on any atom is -0.395 e. The van der Waals surface area contributed by atoms with Crippen molar-refractivity contribution in [2.24, 2.45) is 5.92 Å². The largest absolute Gasteiger partial charge is 0.395 e. The van der Waals surface area contributed by atoms with Crippen LogP contribution in [0.2, 0.25) is 0 Å². The SMILES string of the molecule is CC(C)N1CC(C(=O)N(CCO)Cc2ccccc2)CC1=O. The molecule has 5 heteroatoms. The van der Waals surface area contributed by atoms with Crippen LogP contribution in [0.5, 0.6) is 0 Å². The van der Waals surface area contributed by atoms with Crippen molar-refractivity contribution in [3.05, 3.63) is 35.9 Å². The number of aliphatic hydroxyl groups is 1. The summed E-state index contributed by atoms with van der Waals surface area (Å²) in [6.07, 6.45) is 0.272. The Morgan fingerprint density at radius 1 is 1.36 bits per heavy atom. The van der Waals surface area contributed by atoms with E-state index >= 15 is 0 Å². The molecule has 1 atom stereocenters. The van der Waals surface area contributed by atoms with Crippen molar-refractivity contribution in [1.29, 1.82) is 0 Å². The molecule has 5 nitrogen and oxygen atoms in total. The van der Waals surface area contributed by atoms with E-state index in [1.807, 2.05) is 44.2 Å². The molecule has 1 fully saturated rings. The molecule has 2 amide bonds. The Morgan fingerprint density at radius 3 is 2.59 bits per heavy atom. The summed E-state index contributed by atoms with van der Waals surface area (Å²) < 4.78 is 0. The lowest BCUT2D eigenvalue weighted by molar-refractivity contribution is -0.137. The highest BCUT2D eigenvalue weighted by molar-refractivity contribution is 5.89.